The molecular formula is C17H26N2O3. The van der Waals surface area contributed by atoms with Crippen LogP contribution in [0.5, 0.6) is 11.5 Å². The maximum atomic E-state index is 11.6. The molecule has 2 amide bonds. The number of hydrogen-bond donors (Lipinski definition) is 2. The number of hydrogen-bond acceptors (Lipinski definition) is 3. The molecule has 0 saturated carbocycles. The number of rotatable bonds is 7. The summed E-state index contributed by atoms with van der Waals surface area (Å²) in [5, 5.41) is 5.78. The van der Waals surface area contributed by atoms with Crippen LogP contribution in [0.2, 0.25) is 0 Å². The van der Waals surface area contributed by atoms with Crippen molar-refractivity contribution in [3.63, 3.8) is 0 Å². The minimum Gasteiger partial charge on any atom is -0.486 e. The summed E-state index contributed by atoms with van der Waals surface area (Å²) in [5.41, 5.74) is 1.24. The SMILES string of the molecule is CCC(C)NC(=O)NCCCCc1ccc2c(c1)OCCO2. The van der Waals surface area contributed by atoms with Gasteiger partial charge in [0.15, 0.2) is 11.5 Å². The van der Waals surface area contributed by atoms with Gasteiger partial charge < -0.3 is 20.1 Å². The van der Waals surface area contributed by atoms with Crippen molar-refractivity contribution >= 4 is 6.03 Å². The first-order valence-corrected chi connectivity index (χ1v) is 8.12. The molecule has 1 atom stereocenters. The molecule has 1 heterocycles. The lowest BCUT2D eigenvalue weighted by molar-refractivity contribution is 0.171. The maximum absolute atomic E-state index is 11.6. The predicted molar refractivity (Wildman–Crippen MR) is 86.7 cm³/mol. The van der Waals surface area contributed by atoms with Crippen molar-refractivity contribution in [1.29, 1.82) is 0 Å². The van der Waals surface area contributed by atoms with E-state index in [9.17, 15) is 4.79 Å². The number of aryl methyl sites for hydroxylation is 1. The average molecular weight is 306 g/mol. The number of carbonyl (C=O) groups is 1. The highest BCUT2D eigenvalue weighted by molar-refractivity contribution is 5.74. The second-order valence-electron chi connectivity index (χ2n) is 5.64. The van der Waals surface area contributed by atoms with Crippen LogP contribution >= 0.6 is 0 Å². The van der Waals surface area contributed by atoms with Gasteiger partial charge in [-0.15, -0.1) is 0 Å². The molecule has 1 aromatic carbocycles. The summed E-state index contributed by atoms with van der Waals surface area (Å²) in [6.45, 7) is 5.99. The summed E-state index contributed by atoms with van der Waals surface area (Å²) in [6, 6.07) is 6.25. The number of carbonyl (C=O) groups excluding carboxylic acids is 1. The van der Waals surface area contributed by atoms with E-state index in [1.54, 1.807) is 0 Å². The quantitative estimate of drug-likeness (QED) is 0.762. The fourth-order valence-electron chi connectivity index (χ4n) is 2.28. The third kappa shape index (κ3) is 5.13. The van der Waals surface area contributed by atoms with Crippen LogP contribution in [0.1, 0.15) is 38.7 Å². The van der Waals surface area contributed by atoms with Gasteiger partial charge in [-0.25, -0.2) is 4.79 Å². The number of amides is 2. The molecule has 0 radical (unpaired) electrons. The highest BCUT2D eigenvalue weighted by Crippen LogP contribution is 2.31. The molecule has 1 unspecified atom stereocenters. The minimum absolute atomic E-state index is 0.0753. The van der Waals surface area contributed by atoms with Crippen LogP contribution in [-0.4, -0.2) is 31.8 Å². The van der Waals surface area contributed by atoms with Gasteiger partial charge in [0, 0.05) is 12.6 Å². The van der Waals surface area contributed by atoms with E-state index >= 15 is 0 Å². The second-order valence-corrected chi connectivity index (χ2v) is 5.64. The Bertz CT molecular complexity index is 491. The van der Waals surface area contributed by atoms with Crippen molar-refractivity contribution in [2.45, 2.75) is 45.6 Å². The fraction of sp³-hybridized carbons (Fsp3) is 0.588. The van der Waals surface area contributed by atoms with Crippen molar-refractivity contribution in [2.75, 3.05) is 19.8 Å². The number of urea groups is 1. The first-order chi connectivity index (χ1) is 10.7. The Labute approximate surface area is 132 Å². The molecule has 0 fully saturated rings. The molecule has 0 saturated heterocycles. The number of nitrogens with one attached hydrogen (secondary N) is 2. The topological polar surface area (TPSA) is 59.6 Å². The fourth-order valence-corrected chi connectivity index (χ4v) is 2.28. The lowest BCUT2D eigenvalue weighted by Crippen LogP contribution is -2.40. The Morgan fingerprint density at radius 2 is 2.00 bits per heavy atom. The van der Waals surface area contributed by atoms with E-state index in [0.29, 0.717) is 19.8 Å². The molecule has 0 bridgehead atoms. The smallest absolute Gasteiger partial charge is 0.314 e. The Kier molecular flexibility index (Phi) is 6.37. The zero-order chi connectivity index (χ0) is 15.8. The van der Waals surface area contributed by atoms with Gasteiger partial charge in [0.1, 0.15) is 13.2 Å². The normalized spacial score (nSPS) is 14.3. The summed E-state index contributed by atoms with van der Waals surface area (Å²) < 4.78 is 11.1. The Hall–Kier alpha value is -1.91. The molecule has 22 heavy (non-hydrogen) atoms. The lowest BCUT2D eigenvalue weighted by atomic mass is 10.1. The van der Waals surface area contributed by atoms with Crippen LogP contribution in [0.25, 0.3) is 0 Å². The molecule has 0 aliphatic carbocycles. The first-order valence-electron chi connectivity index (χ1n) is 8.12. The number of ether oxygens (including phenoxy) is 2. The van der Waals surface area contributed by atoms with Gasteiger partial charge in [0.2, 0.25) is 0 Å². The molecule has 5 nitrogen and oxygen atoms in total. The highest BCUT2D eigenvalue weighted by Gasteiger charge is 2.11. The largest absolute Gasteiger partial charge is 0.486 e. The van der Waals surface area contributed by atoms with E-state index in [-0.39, 0.29) is 12.1 Å². The summed E-state index contributed by atoms with van der Waals surface area (Å²) in [5.74, 6) is 1.67. The molecule has 0 spiro atoms. The van der Waals surface area contributed by atoms with Crippen molar-refractivity contribution in [1.82, 2.24) is 10.6 Å². The summed E-state index contributed by atoms with van der Waals surface area (Å²) in [6.07, 6.45) is 3.91. The maximum Gasteiger partial charge on any atom is 0.314 e. The molecule has 2 rings (SSSR count). The van der Waals surface area contributed by atoms with E-state index in [4.69, 9.17) is 9.47 Å². The van der Waals surface area contributed by atoms with E-state index in [2.05, 4.69) is 29.7 Å². The molecule has 1 aromatic rings. The van der Waals surface area contributed by atoms with E-state index in [1.165, 1.54) is 5.56 Å². The Balaban J connectivity index is 1.63. The molecule has 1 aliphatic rings. The molecule has 1 aliphatic heterocycles. The standard InChI is InChI=1S/C17H26N2O3/c1-3-13(2)19-17(20)18-9-5-4-6-14-7-8-15-16(12-14)22-11-10-21-15/h7-8,12-13H,3-6,9-11H2,1-2H3,(H2,18,19,20). The summed E-state index contributed by atoms with van der Waals surface area (Å²) in [4.78, 5) is 11.6. The molecular weight excluding hydrogens is 280 g/mol. The lowest BCUT2D eigenvalue weighted by Gasteiger charge is -2.18. The van der Waals surface area contributed by atoms with Crippen LogP contribution in [-0.2, 0) is 6.42 Å². The number of fused-ring (bicyclic) bond motifs is 1. The zero-order valence-electron chi connectivity index (χ0n) is 13.5. The van der Waals surface area contributed by atoms with Gasteiger partial charge in [-0.2, -0.15) is 0 Å². The third-order valence-corrected chi connectivity index (χ3v) is 3.77. The van der Waals surface area contributed by atoms with Crippen molar-refractivity contribution in [3.05, 3.63) is 23.8 Å². The van der Waals surface area contributed by atoms with Crippen molar-refractivity contribution < 1.29 is 14.3 Å². The molecule has 0 aromatic heterocycles. The highest BCUT2D eigenvalue weighted by atomic mass is 16.6. The molecule has 2 N–H and O–H groups in total. The van der Waals surface area contributed by atoms with Crippen LogP contribution in [0.15, 0.2) is 18.2 Å². The Morgan fingerprint density at radius 3 is 2.77 bits per heavy atom. The van der Waals surface area contributed by atoms with E-state index in [0.717, 1.165) is 37.2 Å². The van der Waals surface area contributed by atoms with Gasteiger partial charge in [-0.3, -0.25) is 0 Å². The zero-order valence-corrected chi connectivity index (χ0v) is 13.5. The number of unbranched alkanes of at least 4 members (excludes halogenated alkanes) is 1. The van der Waals surface area contributed by atoms with Crippen LogP contribution in [0, 0.1) is 0 Å². The van der Waals surface area contributed by atoms with Crippen molar-refractivity contribution in [2.24, 2.45) is 0 Å². The summed E-state index contributed by atoms with van der Waals surface area (Å²) >= 11 is 0. The van der Waals surface area contributed by atoms with Gasteiger partial charge >= 0.3 is 6.03 Å². The van der Waals surface area contributed by atoms with Crippen LogP contribution in [0.4, 0.5) is 4.79 Å². The van der Waals surface area contributed by atoms with Gasteiger partial charge in [0.25, 0.3) is 0 Å². The van der Waals surface area contributed by atoms with E-state index < -0.39 is 0 Å². The first kappa shape index (κ1) is 16.5. The minimum atomic E-state index is -0.0753. The van der Waals surface area contributed by atoms with Gasteiger partial charge in [-0.05, 0) is 50.3 Å². The summed E-state index contributed by atoms with van der Waals surface area (Å²) in [7, 11) is 0. The van der Waals surface area contributed by atoms with Crippen LogP contribution in [0.3, 0.4) is 0 Å². The second kappa shape index (κ2) is 8.51. The van der Waals surface area contributed by atoms with Crippen molar-refractivity contribution in [3.8, 4) is 11.5 Å². The molecule has 5 heteroatoms. The third-order valence-electron chi connectivity index (χ3n) is 3.77. The predicted octanol–water partition coefficient (Wildman–Crippen LogP) is 2.88. The monoisotopic (exact) mass is 306 g/mol. The van der Waals surface area contributed by atoms with Gasteiger partial charge in [-0.1, -0.05) is 13.0 Å². The molecule has 122 valence electrons. The van der Waals surface area contributed by atoms with Crippen LogP contribution < -0.4 is 20.1 Å². The van der Waals surface area contributed by atoms with Gasteiger partial charge in [0.05, 0.1) is 0 Å². The number of benzene rings is 1. The van der Waals surface area contributed by atoms with E-state index in [1.807, 2.05) is 13.0 Å². The Morgan fingerprint density at radius 1 is 1.23 bits per heavy atom. The average Bonchev–Trinajstić information content (AvgIpc) is 2.54.